The van der Waals surface area contributed by atoms with E-state index >= 15 is 0 Å². The normalized spacial score (nSPS) is 28.4. The third-order valence-electron chi connectivity index (χ3n) is 4.46. The molecule has 5 heteroatoms. The van der Waals surface area contributed by atoms with Crippen molar-refractivity contribution in [1.82, 2.24) is 15.5 Å². The molecule has 2 heterocycles. The minimum atomic E-state index is 0.00567. The lowest BCUT2D eigenvalue weighted by atomic mass is 10.0. The van der Waals surface area contributed by atoms with E-state index < -0.39 is 0 Å². The SMILES string of the molecule is O=C(NC1CCN(C(=O)C2CC2)CC1)C1CCCN1. The van der Waals surface area contributed by atoms with Gasteiger partial charge in [-0.2, -0.15) is 0 Å². The first-order chi connectivity index (χ1) is 9.24. The Morgan fingerprint density at radius 1 is 1.05 bits per heavy atom. The number of hydrogen-bond acceptors (Lipinski definition) is 3. The standard InChI is InChI=1S/C14H23N3O2/c18-13(12-2-1-7-15-12)16-11-5-8-17(9-6-11)14(19)10-3-4-10/h10-12,15H,1-9H2,(H,16,18). The van der Waals surface area contributed by atoms with Crippen LogP contribution in [0.4, 0.5) is 0 Å². The fourth-order valence-corrected chi connectivity index (χ4v) is 3.04. The average molecular weight is 265 g/mol. The summed E-state index contributed by atoms with van der Waals surface area (Å²) in [5.41, 5.74) is 0. The van der Waals surface area contributed by atoms with Crippen molar-refractivity contribution >= 4 is 11.8 Å². The van der Waals surface area contributed by atoms with E-state index in [2.05, 4.69) is 10.6 Å². The van der Waals surface area contributed by atoms with Crippen molar-refractivity contribution in [2.45, 2.75) is 50.6 Å². The topological polar surface area (TPSA) is 61.4 Å². The highest BCUT2D eigenvalue weighted by Crippen LogP contribution is 2.31. The van der Waals surface area contributed by atoms with Crippen LogP contribution >= 0.6 is 0 Å². The van der Waals surface area contributed by atoms with Crippen molar-refractivity contribution in [1.29, 1.82) is 0 Å². The Morgan fingerprint density at radius 3 is 2.37 bits per heavy atom. The molecule has 0 aromatic rings. The Balaban J connectivity index is 1.42. The van der Waals surface area contributed by atoms with Gasteiger partial charge in [0.15, 0.2) is 0 Å². The number of amides is 2. The molecule has 19 heavy (non-hydrogen) atoms. The number of piperidine rings is 1. The van der Waals surface area contributed by atoms with E-state index in [0.717, 1.165) is 58.2 Å². The number of nitrogens with one attached hydrogen (secondary N) is 2. The van der Waals surface area contributed by atoms with Gasteiger partial charge >= 0.3 is 0 Å². The first-order valence-electron chi connectivity index (χ1n) is 7.56. The average Bonchev–Trinajstić information content (AvgIpc) is 3.13. The third-order valence-corrected chi connectivity index (χ3v) is 4.46. The van der Waals surface area contributed by atoms with E-state index in [-0.39, 0.29) is 18.0 Å². The molecule has 1 aliphatic carbocycles. The van der Waals surface area contributed by atoms with E-state index in [9.17, 15) is 9.59 Å². The van der Waals surface area contributed by atoms with Crippen molar-refractivity contribution < 1.29 is 9.59 Å². The summed E-state index contributed by atoms with van der Waals surface area (Å²) in [7, 11) is 0. The van der Waals surface area contributed by atoms with Crippen molar-refractivity contribution in [3.8, 4) is 0 Å². The minimum Gasteiger partial charge on any atom is -0.352 e. The summed E-state index contributed by atoms with van der Waals surface area (Å²) in [6.07, 6.45) is 5.98. The maximum Gasteiger partial charge on any atom is 0.237 e. The van der Waals surface area contributed by atoms with Gasteiger partial charge in [0.2, 0.25) is 11.8 Å². The fourth-order valence-electron chi connectivity index (χ4n) is 3.04. The zero-order chi connectivity index (χ0) is 13.2. The van der Waals surface area contributed by atoms with Gasteiger partial charge in [0.1, 0.15) is 0 Å². The molecule has 3 aliphatic rings. The molecular weight excluding hydrogens is 242 g/mol. The molecule has 0 radical (unpaired) electrons. The number of carbonyl (C=O) groups excluding carboxylic acids is 2. The molecule has 0 bridgehead atoms. The predicted octanol–water partition coefficient (Wildman–Crippen LogP) is 0.256. The van der Waals surface area contributed by atoms with Crippen LogP contribution in [0.3, 0.4) is 0 Å². The van der Waals surface area contributed by atoms with Crippen LogP contribution in [0.15, 0.2) is 0 Å². The predicted molar refractivity (Wildman–Crippen MR) is 71.5 cm³/mol. The molecule has 1 saturated carbocycles. The maximum atomic E-state index is 12.0. The Hall–Kier alpha value is -1.10. The second-order valence-corrected chi connectivity index (χ2v) is 6.03. The quantitative estimate of drug-likeness (QED) is 0.769. The Bertz CT molecular complexity index is 354. The molecule has 2 amide bonds. The van der Waals surface area contributed by atoms with Crippen LogP contribution in [0.25, 0.3) is 0 Å². The van der Waals surface area contributed by atoms with Crippen molar-refractivity contribution in [3.05, 3.63) is 0 Å². The smallest absolute Gasteiger partial charge is 0.237 e. The minimum absolute atomic E-state index is 0.00567. The molecule has 3 fully saturated rings. The zero-order valence-electron chi connectivity index (χ0n) is 11.4. The van der Waals surface area contributed by atoms with Gasteiger partial charge in [0, 0.05) is 25.0 Å². The number of hydrogen-bond donors (Lipinski definition) is 2. The monoisotopic (exact) mass is 265 g/mol. The van der Waals surface area contributed by atoms with Gasteiger partial charge in [-0.25, -0.2) is 0 Å². The van der Waals surface area contributed by atoms with Crippen molar-refractivity contribution in [2.75, 3.05) is 19.6 Å². The summed E-state index contributed by atoms with van der Waals surface area (Å²) in [4.78, 5) is 25.9. The number of likely N-dealkylation sites (tertiary alicyclic amines) is 1. The Labute approximate surface area is 114 Å². The van der Waals surface area contributed by atoms with Gasteiger partial charge in [-0.15, -0.1) is 0 Å². The summed E-state index contributed by atoms with van der Waals surface area (Å²) in [5.74, 6) is 0.792. The highest BCUT2D eigenvalue weighted by atomic mass is 16.2. The van der Waals surface area contributed by atoms with Gasteiger partial charge in [-0.3, -0.25) is 9.59 Å². The molecule has 0 spiro atoms. The van der Waals surface area contributed by atoms with E-state index in [0.29, 0.717) is 11.8 Å². The maximum absolute atomic E-state index is 12.0. The first kappa shape index (κ1) is 12.9. The lowest BCUT2D eigenvalue weighted by Gasteiger charge is -2.33. The first-order valence-corrected chi connectivity index (χ1v) is 7.56. The van der Waals surface area contributed by atoms with E-state index in [1.165, 1.54) is 0 Å². The van der Waals surface area contributed by atoms with Crippen LogP contribution in [-0.4, -0.2) is 48.4 Å². The van der Waals surface area contributed by atoms with Crippen molar-refractivity contribution in [2.24, 2.45) is 5.92 Å². The molecule has 0 aromatic carbocycles. The van der Waals surface area contributed by atoms with Crippen molar-refractivity contribution in [3.63, 3.8) is 0 Å². The summed E-state index contributed by atoms with van der Waals surface area (Å²) < 4.78 is 0. The van der Waals surface area contributed by atoms with E-state index in [1.807, 2.05) is 4.90 Å². The Kier molecular flexibility index (Phi) is 3.73. The number of carbonyl (C=O) groups is 2. The Morgan fingerprint density at radius 2 is 1.79 bits per heavy atom. The van der Waals surface area contributed by atoms with Crippen LogP contribution in [-0.2, 0) is 9.59 Å². The lowest BCUT2D eigenvalue weighted by molar-refractivity contribution is -0.133. The van der Waals surface area contributed by atoms with Crippen LogP contribution < -0.4 is 10.6 Å². The summed E-state index contributed by atoms with van der Waals surface area (Å²) in [6.45, 7) is 2.56. The molecule has 0 aromatic heterocycles. The number of nitrogens with zero attached hydrogens (tertiary/aromatic N) is 1. The molecular formula is C14H23N3O2. The molecule has 1 atom stereocenters. The largest absolute Gasteiger partial charge is 0.352 e. The summed E-state index contributed by atoms with van der Waals surface area (Å²) >= 11 is 0. The van der Waals surface area contributed by atoms with E-state index in [1.54, 1.807) is 0 Å². The van der Waals surface area contributed by atoms with Gasteiger partial charge in [-0.05, 0) is 45.1 Å². The molecule has 1 unspecified atom stereocenters. The van der Waals surface area contributed by atoms with Crippen LogP contribution in [0.2, 0.25) is 0 Å². The summed E-state index contributed by atoms with van der Waals surface area (Å²) in [6, 6.07) is 0.254. The second kappa shape index (κ2) is 5.49. The molecule has 106 valence electrons. The second-order valence-electron chi connectivity index (χ2n) is 6.03. The van der Waals surface area contributed by atoms with Gasteiger partial charge in [-0.1, -0.05) is 0 Å². The van der Waals surface area contributed by atoms with Gasteiger partial charge < -0.3 is 15.5 Å². The van der Waals surface area contributed by atoms with Crippen LogP contribution in [0, 0.1) is 5.92 Å². The van der Waals surface area contributed by atoms with Gasteiger partial charge in [0.05, 0.1) is 6.04 Å². The third kappa shape index (κ3) is 3.08. The van der Waals surface area contributed by atoms with E-state index in [4.69, 9.17) is 0 Å². The van der Waals surface area contributed by atoms with Crippen LogP contribution in [0.1, 0.15) is 38.5 Å². The molecule has 2 aliphatic heterocycles. The fraction of sp³-hybridized carbons (Fsp3) is 0.857. The summed E-state index contributed by atoms with van der Waals surface area (Å²) in [5, 5.41) is 6.35. The lowest BCUT2D eigenvalue weighted by Crippen LogP contribution is -2.50. The molecule has 3 rings (SSSR count). The molecule has 5 nitrogen and oxygen atoms in total. The number of rotatable bonds is 3. The zero-order valence-corrected chi connectivity index (χ0v) is 11.4. The highest BCUT2D eigenvalue weighted by molar-refractivity contribution is 5.82. The van der Waals surface area contributed by atoms with Gasteiger partial charge in [0.25, 0.3) is 0 Å². The highest BCUT2D eigenvalue weighted by Gasteiger charge is 2.35. The van der Waals surface area contributed by atoms with Crippen LogP contribution in [0.5, 0.6) is 0 Å². The molecule has 2 N–H and O–H groups in total. The molecule has 2 saturated heterocycles.